The van der Waals surface area contributed by atoms with Crippen molar-refractivity contribution in [3.63, 3.8) is 0 Å². The normalized spacial score (nSPS) is 11.8. The maximum absolute atomic E-state index is 13.0. The molecular weight excluding hydrogens is 390 g/mol. The number of carbonyl (C=O) groups excluding carboxylic acids is 1. The van der Waals surface area contributed by atoms with E-state index < -0.39 is 0 Å². The predicted molar refractivity (Wildman–Crippen MR) is 114 cm³/mol. The largest absolute Gasteiger partial charge is 0.497 e. The lowest BCUT2D eigenvalue weighted by Crippen LogP contribution is -2.40. The molecule has 5 nitrogen and oxygen atoms in total. The van der Waals surface area contributed by atoms with Gasteiger partial charge in [0, 0.05) is 36.3 Å². The first kappa shape index (κ1) is 20.4. The van der Waals surface area contributed by atoms with Gasteiger partial charge in [-0.3, -0.25) is 4.79 Å². The van der Waals surface area contributed by atoms with Gasteiger partial charge >= 0.3 is 0 Å². The van der Waals surface area contributed by atoms with E-state index in [9.17, 15) is 4.79 Å². The third kappa shape index (κ3) is 5.81. The number of methoxy groups -OCH3 is 1. The Morgan fingerprint density at radius 1 is 1.18 bits per heavy atom. The summed E-state index contributed by atoms with van der Waals surface area (Å²) in [5.74, 6) is 1.21. The van der Waals surface area contributed by atoms with E-state index in [4.69, 9.17) is 4.74 Å². The molecule has 0 unspecified atom stereocenters. The standard InChI is InChI=1S/C21H23N3O2S2/c1-16(13-19-5-3-12-27-19)24(14-17-6-8-18(26-2)9-7-17)20(25)15-28-21-22-10-4-11-23-21/h3-12,16H,13-15H2,1-2H3/t16-/m1/s1. The second kappa shape index (κ2) is 10.2. The molecule has 0 aliphatic carbocycles. The summed E-state index contributed by atoms with van der Waals surface area (Å²) in [4.78, 5) is 24.6. The molecule has 1 atom stereocenters. The third-order valence-corrected chi connectivity index (χ3v) is 6.07. The van der Waals surface area contributed by atoms with Crippen molar-refractivity contribution in [1.29, 1.82) is 0 Å². The molecule has 0 saturated carbocycles. The van der Waals surface area contributed by atoms with Gasteiger partial charge in [-0.05, 0) is 42.1 Å². The van der Waals surface area contributed by atoms with E-state index >= 15 is 0 Å². The fourth-order valence-corrected chi connectivity index (χ4v) is 4.33. The van der Waals surface area contributed by atoms with Crippen molar-refractivity contribution in [2.75, 3.05) is 12.9 Å². The molecule has 0 N–H and O–H groups in total. The second-order valence-corrected chi connectivity index (χ2v) is 8.30. The Morgan fingerprint density at radius 2 is 1.93 bits per heavy atom. The molecule has 3 rings (SSSR count). The quantitative estimate of drug-likeness (QED) is 0.387. The molecule has 0 bridgehead atoms. The summed E-state index contributed by atoms with van der Waals surface area (Å²) in [5, 5.41) is 2.69. The second-order valence-electron chi connectivity index (χ2n) is 6.32. The minimum Gasteiger partial charge on any atom is -0.497 e. The van der Waals surface area contributed by atoms with E-state index in [0.717, 1.165) is 17.7 Å². The van der Waals surface area contributed by atoms with Crippen LogP contribution >= 0.6 is 23.1 Å². The van der Waals surface area contributed by atoms with Crippen LogP contribution in [0.15, 0.2) is 65.4 Å². The first-order chi connectivity index (χ1) is 13.7. The maximum Gasteiger partial charge on any atom is 0.233 e. The van der Waals surface area contributed by atoms with Gasteiger partial charge in [-0.15, -0.1) is 11.3 Å². The predicted octanol–water partition coefficient (Wildman–Crippen LogP) is 4.30. The lowest BCUT2D eigenvalue weighted by molar-refractivity contribution is -0.131. The number of amides is 1. The molecule has 0 fully saturated rings. The van der Waals surface area contributed by atoms with Gasteiger partial charge in [-0.2, -0.15) is 0 Å². The Bertz CT molecular complexity index is 855. The Kier molecular flexibility index (Phi) is 7.45. The van der Waals surface area contributed by atoms with E-state index in [2.05, 4.69) is 28.3 Å². The summed E-state index contributed by atoms with van der Waals surface area (Å²) in [6.07, 6.45) is 4.22. The number of hydrogen-bond donors (Lipinski definition) is 0. The Morgan fingerprint density at radius 3 is 2.57 bits per heavy atom. The van der Waals surface area contributed by atoms with Crippen LogP contribution in [0, 0.1) is 0 Å². The first-order valence-electron chi connectivity index (χ1n) is 9.00. The van der Waals surface area contributed by atoms with Crippen LogP contribution in [-0.2, 0) is 17.8 Å². The molecule has 2 aromatic heterocycles. The van der Waals surface area contributed by atoms with Crippen LogP contribution in [0.3, 0.4) is 0 Å². The number of aromatic nitrogens is 2. The van der Waals surface area contributed by atoms with Crippen LogP contribution in [0.5, 0.6) is 5.75 Å². The molecule has 0 spiro atoms. The fourth-order valence-electron chi connectivity index (χ4n) is 2.82. The van der Waals surface area contributed by atoms with E-state index in [0.29, 0.717) is 17.5 Å². The topological polar surface area (TPSA) is 55.3 Å². The summed E-state index contributed by atoms with van der Waals surface area (Å²) in [6.45, 7) is 2.66. The highest BCUT2D eigenvalue weighted by Gasteiger charge is 2.21. The van der Waals surface area contributed by atoms with Gasteiger partial charge in [0.2, 0.25) is 5.91 Å². The van der Waals surface area contributed by atoms with Crippen LogP contribution in [-0.4, -0.2) is 39.7 Å². The molecule has 146 valence electrons. The van der Waals surface area contributed by atoms with Crippen LogP contribution in [0.2, 0.25) is 0 Å². The minimum atomic E-state index is 0.0809. The van der Waals surface area contributed by atoms with Crippen LogP contribution < -0.4 is 4.74 Å². The lowest BCUT2D eigenvalue weighted by Gasteiger charge is -2.29. The average molecular weight is 414 g/mol. The number of benzene rings is 1. The number of nitrogens with zero attached hydrogens (tertiary/aromatic N) is 3. The number of rotatable bonds is 9. The highest BCUT2D eigenvalue weighted by Crippen LogP contribution is 2.20. The average Bonchev–Trinajstić information content (AvgIpc) is 3.24. The summed E-state index contributed by atoms with van der Waals surface area (Å²) in [5.41, 5.74) is 1.08. The Labute approximate surface area is 173 Å². The van der Waals surface area contributed by atoms with Gasteiger partial charge in [-0.25, -0.2) is 9.97 Å². The lowest BCUT2D eigenvalue weighted by atomic mass is 10.1. The molecule has 0 saturated heterocycles. The van der Waals surface area contributed by atoms with Crippen LogP contribution in [0.4, 0.5) is 0 Å². The van der Waals surface area contributed by atoms with Crippen molar-refractivity contribution in [1.82, 2.24) is 14.9 Å². The SMILES string of the molecule is COc1ccc(CN(C(=O)CSc2ncccn2)[C@H](C)Cc2cccs2)cc1. The number of thioether (sulfide) groups is 1. The molecule has 0 aliphatic heterocycles. The summed E-state index contributed by atoms with van der Waals surface area (Å²) in [7, 11) is 1.65. The van der Waals surface area contributed by atoms with Crippen molar-refractivity contribution in [3.8, 4) is 5.75 Å². The summed E-state index contributed by atoms with van der Waals surface area (Å²) < 4.78 is 5.23. The van der Waals surface area contributed by atoms with Crippen LogP contribution in [0.1, 0.15) is 17.4 Å². The van der Waals surface area contributed by atoms with Crippen molar-refractivity contribution >= 4 is 29.0 Å². The van der Waals surface area contributed by atoms with Crippen LogP contribution in [0.25, 0.3) is 0 Å². The third-order valence-electron chi connectivity index (χ3n) is 4.31. The molecule has 28 heavy (non-hydrogen) atoms. The fraction of sp³-hybridized carbons (Fsp3) is 0.286. The molecule has 7 heteroatoms. The first-order valence-corrected chi connectivity index (χ1v) is 10.9. The minimum absolute atomic E-state index is 0.0809. The van der Waals surface area contributed by atoms with E-state index in [1.165, 1.54) is 16.6 Å². The summed E-state index contributed by atoms with van der Waals surface area (Å²) >= 11 is 3.09. The molecule has 3 aromatic rings. The van der Waals surface area contributed by atoms with Gasteiger partial charge in [0.1, 0.15) is 5.75 Å². The number of thiophene rings is 1. The Balaban J connectivity index is 1.71. The number of ether oxygens (including phenoxy) is 1. The zero-order valence-electron chi connectivity index (χ0n) is 15.9. The van der Waals surface area contributed by atoms with E-state index in [1.807, 2.05) is 35.2 Å². The van der Waals surface area contributed by atoms with E-state index in [1.54, 1.807) is 36.9 Å². The van der Waals surface area contributed by atoms with Crippen molar-refractivity contribution in [2.24, 2.45) is 0 Å². The zero-order chi connectivity index (χ0) is 19.8. The van der Waals surface area contributed by atoms with Gasteiger partial charge in [-0.1, -0.05) is 30.0 Å². The number of hydrogen-bond acceptors (Lipinski definition) is 6. The molecule has 2 heterocycles. The molecule has 0 aliphatic rings. The summed E-state index contributed by atoms with van der Waals surface area (Å²) in [6, 6.07) is 13.9. The van der Waals surface area contributed by atoms with Gasteiger partial charge in [0.15, 0.2) is 5.16 Å². The molecule has 0 radical (unpaired) electrons. The van der Waals surface area contributed by atoms with Gasteiger partial charge in [0.05, 0.1) is 12.9 Å². The highest BCUT2D eigenvalue weighted by molar-refractivity contribution is 7.99. The Hall–Kier alpha value is -2.38. The van der Waals surface area contributed by atoms with Crippen molar-refractivity contribution < 1.29 is 9.53 Å². The maximum atomic E-state index is 13.0. The highest BCUT2D eigenvalue weighted by atomic mass is 32.2. The zero-order valence-corrected chi connectivity index (χ0v) is 17.6. The smallest absolute Gasteiger partial charge is 0.233 e. The van der Waals surface area contributed by atoms with Crippen molar-refractivity contribution in [2.45, 2.75) is 31.1 Å². The number of carbonyl (C=O) groups is 1. The molecular formula is C21H23N3O2S2. The molecule has 1 aromatic carbocycles. The van der Waals surface area contributed by atoms with Gasteiger partial charge in [0.25, 0.3) is 0 Å². The van der Waals surface area contributed by atoms with Crippen molar-refractivity contribution in [3.05, 3.63) is 70.7 Å². The monoisotopic (exact) mass is 413 g/mol. The van der Waals surface area contributed by atoms with Gasteiger partial charge < -0.3 is 9.64 Å². The molecule has 1 amide bonds. The van der Waals surface area contributed by atoms with E-state index in [-0.39, 0.29) is 11.9 Å².